The van der Waals surface area contributed by atoms with Gasteiger partial charge in [0.25, 0.3) is 0 Å². The van der Waals surface area contributed by atoms with Crippen LogP contribution in [0.25, 0.3) is 0 Å². The largest absolute Gasteiger partial charge is 0.394 e. The van der Waals surface area contributed by atoms with Gasteiger partial charge >= 0.3 is 6.03 Å². The zero-order valence-electron chi connectivity index (χ0n) is 9.38. The van der Waals surface area contributed by atoms with E-state index >= 15 is 0 Å². The molecule has 7 nitrogen and oxygen atoms in total. The molecule has 0 aromatic carbocycles. The molecule has 4 atom stereocenters. The molecule has 7 heteroatoms. The van der Waals surface area contributed by atoms with Crippen molar-refractivity contribution in [3.05, 3.63) is 11.3 Å². The number of carbonyl (C=O) groups is 1. The van der Waals surface area contributed by atoms with Crippen molar-refractivity contribution in [1.29, 1.82) is 0 Å². The molecule has 0 aliphatic carbocycles. The number of hydrogen-bond donors (Lipinski definition) is 5. The lowest BCUT2D eigenvalue weighted by atomic mass is 9.99. The van der Waals surface area contributed by atoms with Crippen molar-refractivity contribution in [2.45, 2.75) is 31.3 Å². The number of allylic oxidation sites excluding steroid dienone is 1. The summed E-state index contributed by atoms with van der Waals surface area (Å²) in [6, 6.07) is -0.307. The Kier molecular flexibility index (Phi) is 3.34. The molecular formula is C10H16N2O5. The number of ether oxygens (including phenoxy) is 1. The molecule has 1 unspecified atom stereocenters. The van der Waals surface area contributed by atoms with E-state index in [0.717, 1.165) is 0 Å². The minimum atomic E-state index is -1.12. The van der Waals surface area contributed by atoms with E-state index in [1.54, 1.807) is 6.92 Å². The minimum Gasteiger partial charge on any atom is -0.394 e. The third-order valence-corrected chi connectivity index (χ3v) is 3.11. The summed E-state index contributed by atoms with van der Waals surface area (Å²) in [5.41, 5.74) is 1.27. The lowest BCUT2D eigenvalue weighted by molar-refractivity contribution is -0.0145. The summed E-state index contributed by atoms with van der Waals surface area (Å²) in [5.74, 6) is 0. The number of urea groups is 1. The Morgan fingerprint density at radius 2 is 2.12 bits per heavy atom. The van der Waals surface area contributed by atoms with Crippen molar-refractivity contribution < 1.29 is 24.9 Å². The van der Waals surface area contributed by atoms with Crippen LogP contribution in [0.5, 0.6) is 0 Å². The van der Waals surface area contributed by atoms with Gasteiger partial charge in [-0.3, -0.25) is 0 Å². The SMILES string of the molecule is CC1=C([C@@H]2O[C@H](CO)C(O)[C@@H]2O)CNC(=O)N1. The Labute approximate surface area is 98.1 Å². The fraction of sp³-hybridized carbons (Fsp3) is 0.700. The van der Waals surface area contributed by atoms with Crippen LogP contribution in [0.2, 0.25) is 0 Å². The van der Waals surface area contributed by atoms with Crippen molar-refractivity contribution in [2.24, 2.45) is 0 Å². The van der Waals surface area contributed by atoms with Crippen molar-refractivity contribution in [1.82, 2.24) is 10.6 Å². The molecule has 1 saturated heterocycles. The maximum absolute atomic E-state index is 11.1. The molecule has 2 aliphatic heterocycles. The lowest BCUT2D eigenvalue weighted by Gasteiger charge is -2.25. The third-order valence-electron chi connectivity index (χ3n) is 3.11. The van der Waals surface area contributed by atoms with E-state index in [1.807, 2.05) is 0 Å². The van der Waals surface area contributed by atoms with E-state index in [4.69, 9.17) is 9.84 Å². The van der Waals surface area contributed by atoms with Crippen molar-refractivity contribution >= 4 is 6.03 Å². The average Bonchev–Trinajstić information content (AvgIpc) is 2.57. The predicted octanol–water partition coefficient (Wildman–Crippen LogP) is -1.95. The summed E-state index contributed by atoms with van der Waals surface area (Å²) < 4.78 is 5.38. The Bertz CT molecular complexity index is 357. The lowest BCUT2D eigenvalue weighted by Crippen LogP contribution is -2.45. The van der Waals surface area contributed by atoms with Crippen LogP contribution in [0.3, 0.4) is 0 Å². The molecule has 0 aromatic heterocycles. The van der Waals surface area contributed by atoms with Gasteiger partial charge in [-0.25, -0.2) is 4.79 Å². The van der Waals surface area contributed by atoms with Gasteiger partial charge in [-0.15, -0.1) is 0 Å². The zero-order valence-corrected chi connectivity index (χ0v) is 9.38. The van der Waals surface area contributed by atoms with Crippen molar-refractivity contribution in [3.63, 3.8) is 0 Å². The summed E-state index contributed by atoms with van der Waals surface area (Å²) in [7, 11) is 0. The van der Waals surface area contributed by atoms with Gasteiger partial charge in [0.1, 0.15) is 24.4 Å². The van der Waals surface area contributed by atoms with Crippen LogP contribution in [-0.4, -0.2) is 58.9 Å². The molecule has 0 bridgehead atoms. The monoisotopic (exact) mass is 244 g/mol. The second-order valence-electron chi connectivity index (χ2n) is 4.22. The van der Waals surface area contributed by atoms with Crippen LogP contribution in [0.1, 0.15) is 6.92 Å². The molecule has 96 valence electrons. The quantitative estimate of drug-likeness (QED) is 0.388. The number of hydrogen-bond acceptors (Lipinski definition) is 5. The highest BCUT2D eigenvalue weighted by molar-refractivity contribution is 5.77. The smallest absolute Gasteiger partial charge is 0.319 e. The molecular weight excluding hydrogens is 228 g/mol. The molecule has 2 heterocycles. The summed E-state index contributed by atoms with van der Waals surface area (Å²) in [5, 5.41) is 33.6. The first kappa shape index (κ1) is 12.3. The third kappa shape index (κ3) is 2.14. The van der Waals surface area contributed by atoms with E-state index < -0.39 is 24.4 Å². The van der Waals surface area contributed by atoms with Gasteiger partial charge in [0.15, 0.2) is 0 Å². The zero-order chi connectivity index (χ0) is 12.6. The van der Waals surface area contributed by atoms with E-state index in [1.165, 1.54) is 0 Å². The molecule has 5 N–H and O–H groups in total. The van der Waals surface area contributed by atoms with Gasteiger partial charge in [-0.05, 0) is 12.5 Å². The van der Waals surface area contributed by atoms with E-state index in [-0.39, 0.29) is 19.2 Å². The number of nitrogens with one attached hydrogen (secondary N) is 2. The van der Waals surface area contributed by atoms with E-state index in [2.05, 4.69) is 10.6 Å². The van der Waals surface area contributed by atoms with Gasteiger partial charge in [0.2, 0.25) is 0 Å². The van der Waals surface area contributed by atoms with Gasteiger partial charge < -0.3 is 30.7 Å². The van der Waals surface area contributed by atoms with Crippen LogP contribution in [0.4, 0.5) is 4.79 Å². The van der Waals surface area contributed by atoms with Crippen LogP contribution in [-0.2, 0) is 4.74 Å². The summed E-state index contributed by atoms with van der Waals surface area (Å²) >= 11 is 0. The Morgan fingerprint density at radius 3 is 2.65 bits per heavy atom. The van der Waals surface area contributed by atoms with Gasteiger partial charge in [0, 0.05) is 12.2 Å². The molecule has 17 heavy (non-hydrogen) atoms. The fourth-order valence-electron chi connectivity index (χ4n) is 2.10. The predicted molar refractivity (Wildman–Crippen MR) is 57.0 cm³/mol. The summed E-state index contributed by atoms with van der Waals surface area (Å²) in [4.78, 5) is 11.1. The molecule has 0 aromatic rings. The number of aliphatic hydroxyl groups is 3. The molecule has 0 saturated carbocycles. The Morgan fingerprint density at radius 1 is 1.41 bits per heavy atom. The van der Waals surface area contributed by atoms with Gasteiger partial charge in [-0.2, -0.15) is 0 Å². The molecule has 0 spiro atoms. The van der Waals surface area contributed by atoms with Crippen LogP contribution < -0.4 is 10.6 Å². The number of aliphatic hydroxyl groups excluding tert-OH is 3. The first-order valence-corrected chi connectivity index (χ1v) is 5.41. The average molecular weight is 244 g/mol. The number of carbonyl (C=O) groups excluding carboxylic acids is 1. The molecule has 0 radical (unpaired) electrons. The van der Waals surface area contributed by atoms with Crippen LogP contribution >= 0.6 is 0 Å². The fourth-order valence-corrected chi connectivity index (χ4v) is 2.10. The number of rotatable bonds is 2. The Hall–Kier alpha value is -1.15. The highest BCUT2D eigenvalue weighted by Gasteiger charge is 2.44. The second kappa shape index (κ2) is 4.61. The minimum absolute atomic E-state index is 0.254. The highest BCUT2D eigenvalue weighted by atomic mass is 16.6. The molecule has 2 rings (SSSR count). The van der Waals surface area contributed by atoms with Crippen molar-refractivity contribution in [2.75, 3.05) is 13.2 Å². The highest BCUT2D eigenvalue weighted by Crippen LogP contribution is 2.27. The standard InChI is InChI=1S/C10H16N2O5/c1-4-5(2-11-10(16)12-4)9-8(15)7(14)6(3-13)17-9/h6-9,13-15H,2-3H2,1H3,(H2,11,12,16)/t6-,7?,8+,9+/m1/s1. The molecule has 1 fully saturated rings. The van der Waals surface area contributed by atoms with E-state index in [0.29, 0.717) is 11.3 Å². The first-order chi connectivity index (χ1) is 8.04. The topological polar surface area (TPSA) is 111 Å². The maximum atomic E-state index is 11.1. The van der Waals surface area contributed by atoms with Crippen molar-refractivity contribution in [3.8, 4) is 0 Å². The maximum Gasteiger partial charge on any atom is 0.319 e. The summed E-state index contributed by atoms with van der Waals surface area (Å²) in [6.07, 6.45) is -3.74. The molecule has 2 aliphatic rings. The van der Waals surface area contributed by atoms with Gasteiger partial charge in [0.05, 0.1) is 6.61 Å². The summed E-state index contributed by atoms with van der Waals surface area (Å²) in [6.45, 7) is 1.59. The van der Waals surface area contributed by atoms with E-state index in [9.17, 15) is 15.0 Å². The first-order valence-electron chi connectivity index (χ1n) is 5.41. The second-order valence-corrected chi connectivity index (χ2v) is 4.22. The Balaban J connectivity index is 2.18. The normalized spacial score (nSPS) is 38.0. The van der Waals surface area contributed by atoms with Crippen LogP contribution in [0, 0.1) is 0 Å². The van der Waals surface area contributed by atoms with Gasteiger partial charge in [-0.1, -0.05) is 0 Å². The van der Waals surface area contributed by atoms with Crippen LogP contribution in [0.15, 0.2) is 11.3 Å². The molecule has 2 amide bonds. The number of amides is 2.